The van der Waals surface area contributed by atoms with Crippen molar-refractivity contribution in [1.82, 2.24) is 9.88 Å². The van der Waals surface area contributed by atoms with Crippen LogP contribution in [0.5, 0.6) is 0 Å². The van der Waals surface area contributed by atoms with Gasteiger partial charge in [0.05, 0.1) is 17.0 Å². The van der Waals surface area contributed by atoms with E-state index >= 15 is 0 Å². The van der Waals surface area contributed by atoms with Crippen molar-refractivity contribution >= 4 is 17.6 Å². The number of likely N-dealkylation sites (tertiary alicyclic amines) is 1. The number of rotatable bonds is 3. The lowest BCUT2D eigenvalue weighted by Crippen LogP contribution is -2.43. The van der Waals surface area contributed by atoms with Gasteiger partial charge in [-0.3, -0.25) is 9.78 Å². The molecule has 2 aliphatic rings. The maximum absolute atomic E-state index is 12.4. The van der Waals surface area contributed by atoms with Gasteiger partial charge >= 0.3 is 0 Å². The van der Waals surface area contributed by atoms with Crippen molar-refractivity contribution in [2.24, 2.45) is 0 Å². The fourth-order valence-corrected chi connectivity index (χ4v) is 3.35. The molecule has 2 heterocycles. The third kappa shape index (κ3) is 2.74. The number of nitrogens with zero attached hydrogens (tertiary/aromatic N) is 3. The Kier molecular flexibility index (Phi) is 4.25. The van der Waals surface area contributed by atoms with Gasteiger partial charge in [0.25, 0.3) is 0 Å². The van der Waals surface area contributed by atoms with Crippen LogP contribution in [-0.2, 0) is 16.0 Å². The van der Waals surface area contributed by atoms with Crippen molar-refractivity contribution in [2.45, 2.75) is 31.8 Å². The number of ether oxygens (including phenoxy) is 1. The number of carbonyl (C=O) groups is 1. The molecule has 0 radical (unpaired) electrons. The first-order valence-electron chi connectivity index (χ1n) is 8.11. The molecule has 5 nitrogen and oxygen atoms in total. The number of fused-ring (bicyclic) bond motifs is 1. The van der Waals surface area contributed by atoms with E-state index in [0.717, 1.165) is 48.4 Å². The number of piperidine rings is 1. The summed E-state index contributed by atoms with van der Waals surface area (Å²) in [4.78, 5) is 18.8. The number of aromatic nitrogens is 1. The summed E-state index contributed by atoms with van der Waals surface area (Å²) >= 11 is 0. The Morgan fingerprint density at radius 3 is 2.75 bits per heavy atom. The molecule has 1 aromatic rings. The van der Waals surface area contributed by atoms with Gasteiger partial charge in [0, 0.05) is 38.4 Å². The second-order valence-corrected chi connectivity index (χ2v) is 6.55. The van der Waals surface area contributed by atoms with Gasteiger partial charge in [-0.15, -0.1) is 0 Å². The molecule has 0 unspecified atom stereocenters. The van der Waals surface area contributed by atoms with Crippen LogP contribution in [0.3, 0.4) is 0 Å². The fraction of sp³-hybridized carbons (Fsp3) is 0.421. The highest BCUT2D eigenvalue weighted by molar-refractivity contribution is 6.09. The van der Waals surface area contributed by atoms with Gasteiger partial charge in [-0.05, 0) is 37.5 Å². The number of carbonyl (C=O) groups excluding carboxylic acids is 1. The van der Waals surface area contributed by atoms with Crippen LogP contribution in [0.15, 0.2) is 24.4 Å². The average molecular weight is 323 g/mol. The van der Waals surface area contributed by atoms with Gasteiger partial charge < -0.3 is 9.64 Å². The van der Waals surface area contributed by atoms with Crippen LogP contribution in [0, 0.1) is 11.3 Å². The predicted octanol–water partition coefficient (Wildman–Crippen LogP) is 2.59. The Balaban J connectivity index is 2.05. The lowest BCUT2D eigenvalue weighted by Gasteiger charge is -2.41. The van der Waals surface area contributed by atoms with E-state index in [4.69, 9.17) is 4.74 Å². The van der Waals surface area contributed by atoms with E-state index in [9.17, 15) is 10.1 Å². The molecule has 0 N–H and O–H groups in total. The van der Waals surface area contributed by atoms with E-state index in [0.29, 0.717) is 0 Å². The van der Waals surface area contributed by atoms with E-state index in [1.807, 2.05) is 6.07 Å². The highest BCUT2D eigenvalue weighted by Gasteiger charge is 2.35. The van der Waals surface area contributed by atoms with Crippen LogP contribution in [0.4, 0.5) is 0 Å². The maximum atomic E-state index is 12.4. The quantitative estimate of drug-likeness (QED) is 0.855. The Morgan fingerprint density at radius 2 is 2.17 bits per heavy atom. The monoisotopic (exact) mass is 323 g/mol. The molecule has 1 aliphatic heterocycles. The second kappa shape index (κ2) is 6.21. The van der Waals surface area contributed by atoms with Crippen LogP contribution in [0.2, 0.25) is 0 Å². The Morgan fingerprint density at radius 1 is 1.46 bits per heavy atom. The first-order valence-corrected chi connectivity index (χ1v) is 8.11. The van der Waals surface area contributed by atoms with E-state index < -0.39 is 0 Å². The van der Waals surface area contributed by atoms with E-state index in [1.54, 1.807) is 19.4 Å². The summed E-state index contributed by atoms with van der Waals surface area (Å²) in [6.07, 6.45) is 5.35. The zero-order chi connectivity index (χ0) is 17.3. The van der Waals surface area contributed by atoms with Crippen molar-refractivity contribution < 1.29 is 9.53 Å². The van der Waals surface area contributed by atoms with Gasteiger partial charge in [0.2, 0.25) is 0 Å². The third-order valence-electron chi connectivity index (χ3n) is 5.08. The van der Waals surface area contributed by atoms with E-state index in [2.05, 4.69) is 29.5 Å². The highest BCUT2D eigenvalue weighted by Crippen LogP contribution is 2.36. The summed E-state index contributed by atoms with van der Waals surface area (Å²) in [5, 5.41) is 9.55. The molecule has 0 atom stereocenters. The SMILES string of the molecule is C=Cc1cc2c(cn1)CC(=O)C(C#N)=C2N1CCC(C)(OC)CC1. The smallest absolute Gasteiger partial charge is 0.179 e. The Bertz CT molecular complexity index is 765. The van der Waals surface area contributed by atoms with Crippen LogP contribution < -0.4 is 0 Å². The molecule has 0 amide bonds. The van der Waals surface area contributed by atoms with Crippen LogP contribution in [0.25, 0.3) is 11.8 Å². The first kappa shape index (κ1) is 16.4. The number of allylic oxidation sites excluding steroid dienone is 1. The lowest BCUT2D eigenvalue weighted by atomic mass is 9.86. The zero-order valence-corrected chi connectivity index (χ0v) is 14.1. The molecular weight excluding hydrogens is 302 g/mol. The Labute approximate surface area is 142 Å². The van der Waals surface area contributed by atoms with Gasteiger partial charge in [0.1, 0.15) is 11.6 Å². The molecule has 3 rings (SSSR count). The zero-order valence-electron chi connectivity index (χ0n) is 14.1. The minimum Gasteiger partial charge on any atom is -0.378 e. The number of nitriles is 1. The lowest BCUT2D eigenvalue weighted by molar-refractivity contribution is -0.114. The van der Waals surface area contributed by atoms with Gasteiger partial charge in [-0.2, -0.15) is 5.26 Å². The minimum absolute atomic E-state index is 0.131. The topological polar surface area (TPSA) is 66.2 Å². The molecule has 0 spiro atoms. The molecule has 5 heteroatoms. The second-order valence-electron chi connectivity index (χ2n) is 6.55. The largest absolute Gasteiger partial charge is 0.378 e. The molecule has 0 saturated carbocycles. The number of hydrogen-bond donors (Lipinski definition) is 0. The minimum atomic E-state index is -0.143. The van der Waals surface area contributed by atoms with Crippen LogP contribution in [-0.4, -0.2) is 41.5 Å². The molecular formula is C19H21N3O2. The number of methoxy groups -OCH3 is 1. The molecule has 1 aliphatic carbocycles. The number of Topliss-reactive ketones (excluding diaryl/α,β-unsaturated/α-hetero) is 1. The van der Waals surface area contributed by atoms with E-state index in [1.165, 1.54) is 0 Å². The summed E-state index contributed by atoms with van der Waals surface area (Å²) in [6.45, 7) is 7.37. The molecule has 1 saturated heterocycles. The highest BCUT2D eigenvalue weighted by atomic mass is 16.5. The fourth-order valence-electron chi connectivity index (χ4n) is 3.35. The van der Waals surface area contributed by atoms with Crippen molar-refractivity contribution in [2.75, 3.05) is 20.2 Å². The van der Waals surface area contributed by atoms with Crippen LogP contribution in [0.1, 0.15) is 36.6 Å². The third-order valence-corrected chi connectivity index (χ3v) is 5.08. The molecule has 24 heavy (non-hydrogen) atoms. The normalized spacial score (nSPS) is 19.7. The van der Waals surface area contributed by atoms with Gasteiger partial charge in [-0.1, -0.05) is 6.58 Å². The van der Waals surface area contributed by atoms with Crippen molar-refractivity contribution in [3.8, 4) is 6.07 Å². The van der Waals surface area contributed by atoms with Gasteiger partial charge in [0.15, 0.2) is 5.78 Å². The maximum Gasteiger partial charge on any atom is 0.179 e. The van der Waals surface area contributed by atoms with Crippen molar-refractivity contribution in [1.29, 1.82) is 5.26 Å². The number of hydrogen-bond acceptors (Lipinski definition) is 5. The molecule has 1 fully saturated rings. The van der Waals surface area contributed by atoms with Crippen molar-refractivity contribution in [3.05, 3.63) is 41.2 Å². The number of pyridine rings is 1. The molecule has 1 aromatic heterocycles. The Hall–Kier alpha value is -2.45. The molecule has 0 aromatic carbocycles. The standard InChI is InChI=1S/C19H21N3O2/c1-4-14-10-15-13(12-21-14)9-17(23)16(11-20)18(15)22-7-5-19(2,24-3)6-8-22/h4,10,12H,1,5-9H2,2-3H3. The summed E-state index contributed by atoms with van der Waals surface area (Å²) < 4.78 is 5.60. The predicted molar refractivity (Wildman–Crippen MR) is 91.8 cm³/mol. The summed E-state index contributed by atoms with van der Waals surface area (Å²) in [5.41, 5.74) is 3.40. The summed E-state index contributed by atoms with van der Waals surface area (Å²) in [6, 6.07) is 4.05. The van der Waals surface area contributed by atoms with Crippen LogP contribution >= 0.6 is 0 Å². The number of ketones is 1. The molecule has 0 bridgehead atoms. The molecule has 124 valence electrons. The van der Waals surface area contributed by atoms with E-state index in [-0.39, 0.29) is 23.4 Å². The first-order chi connectivity index (χ1) is 11.5. The summed E-state index contributed by atoms with van der Waals surface area (Å²) in [7, 11) is 1.73. The average Bonchev–Trinajstić information content (AvgIpc) is 2.61. The summed E-state index contributed by atoms with van der Waals surface area (Å²) in [5.74, 6) is -0.131. The van der Waals surface area contributed by atoms with Gasteiger partial charge in [-0.25, -0.2) is 0 Å². The van der Waals surface area contributed by atoms with Crippen molar-refractivity contribution in [3.63, 3.8) is 0 Å².